The Morgan fingerprint density at radius 3 is 2.63 bits per heavy atom. The maximum atomic E-state index is 13.5. The van der Waals surface area contributed by atoms with Gasteiger partial charge < -0.3 is 26.1 Å². The molecule has 41 heavy (non-hydrogen) atoms. The molecule has 0 spiro atoms. The van der Waals surface area contributed by atoms with E-state index in [0.29, 0.717) is 18.5 Å². The number of nitrogens with two attached hydrogens (primary N) is 1. The second kappa shape index (κ2) is 15.9. The van der Waals surface area contributed by atoms with Crippen molar-refractivity contribution < 1.29 is 27.9 Å². The molecule has 0 aliphatic carbocycles. The lowest BCUT2D eigenvalue weighted by Crippen LogP contribution is -2.51. The Kier molecular flexibility index (Phi) is 13.0. The number of fused-ring (bicyclic) bond motifs is 1. The summed E-state index contributed by atoms with van der Waals surface area (Å²) in [4.78, 5) is 40.6. The molecule has 0 radical (unpaired) electrons. The monoisotopic (exact) mass is 608 g/mol. The lowest BCUT2D eigenvalue weighted by Gasteiger charge is -2.31. The summed E-state index contributed by atoms with van der Waals surface area (Å²) in [5.41, 5.74) is 0. The highest BCUT2D eigenvalue weighted by Gasteiger charge is 2.31. The quantitative estimate of drug-likeness (QED) is 0.0821. The summed E-state index contributed by atoms with van der Waals surface area (Å²) in [7, 11) is -4.22. The molecule has 224 valence electrons. The van der Waals surface area contributed by atoms with E-state index in [9.17, 15) is 22.8 Å². The first-order chi connectivity index (χ1) is 19.1. The van der Waals surface area contributed by atoms with E-state index >= 15 is 0 Å². The van der Waals surface area contributed by atoms with Gasteiger partial charge in [0.15, 0.2) is 0 Å². The van der Waals surface area contributed by atoms with Gasteiger partial charge in [0.05, 0.1) is 17.7 Å². The number of halogens is 1. The topological polar surface area (TPSA) is 174 Å². The molecule has 5 N–H and O–H groups in total. The zero-order valence-electron chi connectivity index (χ0n) is 22.6. The van der Waals surface area contributed by atoms with Crippen LogP contribution in [-0.4, -0.2) is 86.2 Å². The molecule has 1 saturated heterocycles. The number of sulfonamides is 1. The van der Waals surface area contributed by atoms with Crippen LogP contribution in [0.4, 0.5) is 0 Å². The number of nitrogens with zero attached hydrogens (tertiary/aromatic N) is 3. The van der Waals surface area contributed by atoms with Crippen molar-refractivity contribution in [3.8, 4) is 0 Å². The molecule has 1 aliphatic heterocycles. The molecule has 12 nitrogen and oxygen atoms in total. The predicted molar refractivity (Wildman–Crippen MR) is 159 cm³/mol. The molecule has 0 saturated carbocycles. The summed E-state index contributed by atoms with van der Waals surface area (Å²) in [6.45, 7) is 5.22. The number of likely N-dealkylation sites (tertiary alicyclic amines) is 1. The highest BCUT2D eigenvalue weighted by Crippen LogP contribution is 2.20. The van der Waals surface area contributed by atoms with Gasteiger partial charge in [-0.05, 0) is 41.7 Å². The molecule has 14 heteroatoms. The molecule has 1 fully saturated rings. The van der Waals surface area contributed by atoms with Crippen LogP contribution in [0.1, 0.15) is 25.7 Å². The summed E-state index contributed by atoms with van der Waals surface area (Å²) in [5.74, 6) is 3.02. The molecule has 2 aromatic carbocycles. The third kappa shape index (κ3) is 10.0. The zero-order valence-corrected chi connectivity index (χ0v) is 24.3. The molecule has 0 bridgehead atoms. The van der Waals surface area contributed by atoms with Crippen LogP contribution < -0.4 is 15.9 Å². The van der Waals surface area contributed by atoms with Gasteiger partial charge in [0.25, 0.3) is 0 Å². The minimum atomic E-state index is -4.22. The molecule has 2 atom stereocenters. The van der Waals surface area contributed by atoms with Gasteiger partial charge >= 0.3 is 5.97 Å². The van der Waals surface area contributed by atoms with Gasteiger partial charge in [-0.15, -0.1) is 19.0 Å². The standard InChI is InChI=1S/C27H36N6O6S.ClH/c1-2-12-33(14-11-26(35)36)27(37)24(16-25(34)29-17-20-6-5-13-32(18-20)19-30-28)31-40(38,39)23-10-9-21-7-3-4-8-22(21)15-23;/h2-4,7-10,15,19-20,24,31H,1,5-6,11-14,16-18,28H2,(H,29,34)(H,35,36);1H/t20-,24-;/m0./s1. The molecule has 1 aliphatic rings. The molecule has 2 amide bonds. The Morgan fingerprint density at radius 2 is 1.95 bits per heavy atom. The van der Waals surface area contributed by atoms with Crippen LogP contribution in [0.2, 0.25) is 0 Å². The van der Waals surface area contributed by atoms with Crippen molar-refractivity contribution in [2.75, 3.05) is 32.7 Å². The van der Waals surface area contributed by atoms with Gasteiger partial charge in [-0.1, -0.05) is 36.4 Å². The first-order valence-corrected chi connectivity index (χ1v) is 14.5. The van der Waals surface area contributed by atoms with Crippen molar-refractivity contribution in [2.45, 2.75) is 36.6 Å². The van der Waals surface area contributed by atoms with Crippen LogP contribution in [-0.2, 0) is 24.4 Å². The van der Waals surface area contributed by atoms with Crippen LogP contribution in [0, 0.1) is 5.92 Å². The Morgan fingerprint density at radius 1 is 1.22 bits per heavy atom. The van der Waals surface area contributed by atoms with Gasteiger partial charge in [-0.3, -0.25) is 14.4 Å². The van der Waals surface area contributed by atoms with Crippen molar-refractivity contribution in [1.82, 2.24) is 19.8 Å². The number of carboxylic acids is 1. The number of rotatable bonds is 14. The van der Waals surface area contributed by atoms with Crippen LogP contribution >= 0.6 is 12.4 Å². The van der Waals surface area contributed by atoms with Gasteiger partial charge in [0, 0.05) is 32.7 Å². The Labute approximate surface area is 246 Å². The third-order valence-electron chi connectivity index (χ3n) is 6.64. The van der Waals surface area contributed by atoms with E-state index in [1.165, 1.54) is 23.1 Å². The summed E-state index contributed by atoms with van der Waals surface area (Å²) in [5, 5.41) is 17.0. The Bertz CT molecular complexity index is 1350. The number of nitrogens with one attached hydrogen (secondary N) is 2. The summed E-state index contributed by atoms with van der Waals surface area (Å²) < 4.78 is 29.1. The maximum Gasteiger partial charge on any atom is 0.305 e. The average molecular weight is 609 g/mol. The Balaban J connectivity index is 0.00000588. The van der Waals surface area contributed by atoms with E-state index in [1.807, 2.05) is 17.0 Å². The van der Waals surface area contributed by atoms with E-state index in [2.05, 4.69) is 21.7 Å². The number of hydrogen-bond acceptors (Lipinski definition) is 7. The fraction of sp³-hybridized carbons (Fsp3) is 0.407. The smallest absolute Gasteiger partial charge is 0.305 e. The third-order valence-corrected chi connectivity index (χ3v) is 8.11. The number of carboxylic acid groups (broad SMARTS) is 1. The first-order valence-electron chi connectivity index (χ1n) is 13.0. The van der Waals surface area contributed by atoms with Crippen molar-refractivity contribution in [2.24, 2.45) is 16.9 Å². The van der Waals surface area contributed by atoms with E-state index in [4.69, 9.17) is 10.9 Å². The van der Waals surface area contributed by atoms with E-state index < -0.39 is 40.3 Å². The molecule has 0 aromatic heterocycles. The van der Waals surface area contributed by atoms with Crippen molar-refractivity contribution in [3.63, 3.8) is 0 Å². The fourth-order valence-corrected chi connectivity index (χ4v) is 5.87. The van der Waals surface area contributed by atoms with Gasteiger partial charge in [0.2, 0.25) is 21.8 Å². The first kappa shape index (κ1) is 33.5. The SMILES string of the molecule is C=CCN(CCC(=O)O)C(=O)[C@H](CC(=O)NC[C@@H]1CCCN(C=NN)C1)NS(=O)(=O)c1ccc2ccccc2c1.Cl. The minimum Gasteiger partial charge on any atom is -0.481 e. The van der Waals surface area contributed by atoms with Crippen LogP contribution in [0.3, 0.4) is 0 Å². The predicted octanol–water partition coefficient (Wildman–Crippen LogP) is 1.52. The summed E-state index contributed by atoms with van der Waals surface area (Å²) in [6.07, 6.45) is 3.94. The number of piperidine rings is 1. The highest BCUT2D eigenvalue weighted by atomic mass is 35.5. The molecule has 3 rings (SSSR count). The number of amides is 2. The number of carbonyl (C=O) groups excluding carboxylic acids is 2. The van der Waals surface area contributed by atoms with Gasteiger partial charge in [0.1, 0.15) is 12.4 Å². The normalized spacial score (nSPS) is 16.1. The molecule has 0 unspecified atom stereocenters. The summed E-state index contributed by atoms with van der Waals surface area (Å²) >= 11 is 0. The van der Waals surface area contributed by atoms with Gasteiger partial charge in [-0.25, -0.2) is 8.42 Å². The number of hydrogen-bond donors (Lipinski definition) is 4. The van der Waals surface area contributed by atoms with Gasteiger partial charge in [-0.2, -0.15) is 9.82 Å². The lowest BCUT2D eigenvalue weighted by atomic mass is 9.98. The van der Waals surface area contributed by atoms with E-state index in [-0.39, 0.29) is 42.7 Å². The molecular formula is C27H37ClN6O6S. The fourth-order valence-electron chi connectivity index (χ4n) is 4.65. The van der Waals surface area contributed by atoms with E-state index in [0.717, 1.165) is 24.8 Å². The molecular weight excluding hydrogens is 572 g/mol. The van der Waals surface area contributed by atoms with Crippen LogP contribution in [0.5, 0.6) is 0 Å². The second-order valence-electron chi connectivity index (χ2n) is 9.68. The molecule has 2 aromatic rings. The van der Waals surface area contributed by atoms with Crippen molar-refractivity contribution in [3.05, 3.63) is 55.1 Å². The largest absolute Gasteiger partial charge is 0.481 e. The van der Waals surface area contributed by atoms with Crippen LogP contribution in [0.15, 0.2) is 65.1 Å². The van der Waals surface area contributed by atoms with Crippen molar-refractivity contribution in [1.29, 1.82) is 0 Å². The minimum absolute atomic E-state index is 0. The molecule has 1 heterocycles. The number of carbonyl (C=O) groups is 3. The van der Waals surface area contributed by atoms with Crippen LogP contribution in [0.25, 0.3) is 10.8 Å². The highest BCUT2D eigenvalue weighted by molar-refractivity contribution is 7.89. The average Bonchev–Trinajstić information content (AvgIpc) is 2.93. The lowest BCUT2D eigenvalue weighted by molar-refractivity contribution is -0.139. The summed E-state index contributed by atoms with van der Waals surface area (Å²) in [6, 6.07) is 10.4. The Hall–Kier alpha value is -3.68. The van der Waals surface area contributed by atoms with E-state index in [1.54, 1.807) is 24.5 Å². The maximum absolute atomic E-state index is 13.5. The second-order valence-corrected chi connectivity index (χ2v) is 11.4. The van der Waals surface area contributed by atoms with Crippen molar-refractivity contribution >= 4 is 57.3 Å². The number of aliphatic carboxylic acids is 1. The number of hydrazone groups is 1. The number of benzene rings is 2. The zero-order chi connectivity index (χ0) is 29.1.